The van der Waals surface area contributed by atoms with E-state index in [-0.39, 0.29) is 6.61 Å². The fourth-order valence-corrected chi connectivity index (χ4v) is 2.05. The van der Waals surface area contributed by atoms with Gasteiger partial charge in [0, 0.05) is 11.6 Å². The molecule has 0 aliphatic heterocycles. The fourth-order valence-electron chi connectivity index (χ4n) is 1.80. The van der Waals surface area contributed by atoms with Crippen molar-refractivity contribution in [1.82, 2.24) is 4.57 Å². The highest BCUT2D eigenvalue weighted by atomic mass is 35.5. The largest absolute Gasteiger partial charge is 0.443 e. The number of fused-ring (bicyclic) bond motifs is 1. The summed E-state index contributed by atoms with van der Waals surface area (Å²) in [5.74, 6) is 0. The molecule has 0 fully saturated rings. The summed E-state index contributed by atoms with van der Waals surface area (Å²) in [5.41, 5.74) is 0.846. The predicted molar refractivity (Wildman–Crippen MR) is 74.5 cm³/mol. The van der Waals surface area contributed by atoms with Gasteiger partial charge in [-0.05, 0) is 38.5 Å². The third kappa shape index (κ3) is 2.91. The average molecular weight is 282 g/mol. The second-order valence-electron chi connectivity index (χ2n) is 5.34. The van der Waals surface area contributed by atoms with E-state index in [1.54, 1.807) is 18.2 Å². The third-order valence-corrected chi connectivity index (χ3v) is 2.89. The van der Waals surface area contributed by atoms with E-state index in [1.807, 2.05) is 20.8 Å². The molecule has 0 aliphatic rings. The van der Waals surface area contributed by atoms with Gasteiger partial charge in [-0.3, -0.25) is 4.57 Å². The minimum absolute atomic E-state index is 0.0656. The van der Waals surface area contributed by atoms with E-state index in [4.69, 9.17) is 21.4 Å². The molecule has 2 aromatic rings. The first-order valence-electron chi connectivity index (χ1n) is 5.95. The number of aliphatic hydroxyl groups excluding tert-OH is 1. The summed E-state index contributed by atoms with van der Waals surface area (Å²) in [5, 5.41) is 10.3. The normalized spacial score (nSPS) is 11.8. The molecule has 0 aliphatic carbocycles. The van der Waals surface area contributed by atoms with Crippen LogP contribution in [0.2, 0.25) is 5.02 Å². The van der Waals surface area contributed by atoms with Crippen molar-refractivity contribution in [3.63, 3.8) is 0 Å². The summed E-state index contributed by atoms with van der Waals surface area (Å²) in [6.45, 7) is 5.36. The molecule has 0 bridgehead atoms. The lowest BCUT2D eigenvalue weighted by Gasteiger charge is -2.19. The molecule has 1 N–H and O–H groups in total. The highest BCUT2D eigenvalue weighted by molar-refractivity contribution is 6.36. The van der Waals surface area contributed by atoms with Crippen LogP contribution in [-0.4, -0.2) is 21.4 Å². The lowest BCUT2D eigenvalue weighted by Crippen LogP contribution is -2.26. The van der Waals surface area contributed by atoms with Gasteiger partial charge in [0.2, 0.25) is 0 Å². The van der Waals surface area contributed by atoms with E-state index < -0.39 is 11.7 Å². The van der Waals surface area contributed by atoms with Gasteiger partial charge in [0.05, 0.1) is 17.1 Å². The summed E-state index contributed by atoms with van der Waals surface area (Å²) >= 11 is 6.11. The Morgan fingerprint density at radius 2 is 2.11 bits per heavy atom. The molecule has 0 amide bonds. The molecule has 0 atom stereocenters. The Hall–Kier alpha value is -1.52. The van der Waals surface area contributed by atoms with Gasteiger partial charge in [-0.15, -0.1) is 0 Å². The molecular formula is C14H16ClNO3. The summed E-state index contributed by atoms with van der Waals surface area (Å²) in [4.78, 5) is 12.1. The van der Waals surface area contributed by atoms with E-state index in [0.29, 0.717) is 10.5 Å². The lowest BCUT2D eigenvalue weighted by molar-refractivity contribution is 0.0544. The zero-order chi connectivity index (χ0) is 14.2. The monoisotopic (exact) mass is 281 g/mol. The molecule has 1 aromatic heterocycles. The summed E-state index contributed by atoms with van der Waals surface area (Å²) in [6.07, 6.45) is 1.06. The van der Waals surface area contributed by atoms with Crippen LogP contribution in [0.5, 0.6) is 0 Å². The van der Waals surface area contributed by atoms with E-state index in [1.165, 1.54) is 10.8 Å². The number of ether oxygens (including phenoxy) is 1. The van der Waals surface area contributed by atoms with E-state index in [9.17, 15) is 4.79 Å². The molecule has 5 heteroatoms. The smallest absolute Gasteiger partial charge is 0.419 e. The molecule has 0 unspecified atom stereocenters. The van der Waals surface area contributed by atoms with Crippen LogP contribution in [0.3, 0.4) is 0 Å². The molecule has 0 saturated carbocycles. The molecule has 0 radical (unpaired) electrons. The first kappa shape index (κ1) is 13.9. The van der Waals surface area contributed by atoms with Crippen molar-refractivity contribution in [2.75, 3.05) is 0 Å². The Kier molecular flexibility index (Phi) is 3.56. The van der Waals surface area contributed by atoms with Crippen molar-refractivity contribution in [3.05, 3.63) is 35.0 Å². The molecule has 2 rings (SSSR count). The number of aromatic nitrogens is 1. The van der Waals surface area contributed by atoms with Crippen LogP contribution >= 0.6 is 11.6 Å². The van der Waals surface area contributed by atoms with Gasteiger partial charge in [-0.25, -0.2) is 4.79 Å². The van der Waals surface area contributed by atoms with Gasteiger partial charge < -0.3 is 9.84 Å². The molecule has 102 valence electrons. The van der Waals surface area contributed by atoms with Gasteiger partial charge >= 0.3 is 6.09 Å². The maximum Gasteiger partial charge on any atom is 0.419 e. The summed E-state index contributed by atoms with van der Waals surface area (Å²) in [7, 11) is 0. The van der Waals surface area contributed by atoms with Crippen LogP contribution in [-0.2, 0) is 11.3 Å². The van der Waals surface area contributed by atoms with Crippen LogP contribution in [0, 0.1) is 0 Å². The SMILES string of the molecule is CC(C)(C)OC(=O)n1cc(Cl)c2cc(CO)ccc21. The van der Waals surface area contributed by atoms with Crippen molar-refractivity contribution >= 4 is 28.6 Å². The zero-order valence-electron chi connectivity index (χ0n) is 11.1. The van der Waals surface area contributed by atoms with Crippen LogP contribution in [0.25, 0.3) is 10.9 Å². The van der Waals surface area contributed by atoms with Gasteiger partial charge in [-0.1, -0.05) is 17.7 Å². The van der Waals surface area contributed by atoms with Crippen LogP contribution in [0.15, 0.2) is 24.4 Å². The van der Waals surface area contributed by atoms with Crippen molar-refractivity contribution in [2.45, 2.75) is 33.0 Å². The second-order valence-corrected chi connectivity index (χ2v) is 5.74. The maximum absolute atomic E-state index is 12.1. The van der Waals surface area contributed by atoms with Crippen LogP contribution in [0.1, 0.15) is 26.3 Å². The van der Waals surface area contributed by atoms with Crippen molar-refractivity contribution < 1.29 is 14.6 Å². The third-order valence-electron chi connectivity index (χ3n) is 2.59. The molecule has 4 nitrogen and oxygen atoms in total. The van der Waals surface area contributed by atoms with E-state index in [0.717, 1.165) is 10.9 Å². The molecule has 1 heterocycles. The lowest BCUT2D eigenvalue weighted by atomic mass is 10.2. The quantitative estimate of drug-likeness (QED) is 0.869. The molecule has 0 saturated heterocycles. The number of carbonyl (C=O) groups excluding carboxylic acids is 1. The average Bonchev–Trinajstić information content (AvgIpc) is 2.64. The minimum atomic E-state index is -0.564. The van der Waals surface area contributed by atoms with Gasteiger partial charge in [0.1, 0.15) is 5.60 Å². The molecule has 1 aromatic carbocycles. The molecular weight excluding hydrogens is 266 g/mol. The van der Waals surface area contributed by atoms with Gasteiger partial charge in [-0.2, -0.15) is 0 Å². The highest BCUT2D eigenvalue weighted by Gasteiger charge is 2.20. The van der Waals surface area contributed by atoms with Crippen LogP contribution in [0.4, 0.5) is 4.79 Å². The first-order valence-corrected chi connectivity index (χ1v) is 6.33. The minimum Gasteiger partial charge on any atom is -0.443 e. The summed E-state index contributed by atoms with van der Waals surface area (Å²) < 4.78 is 6.70. The van der Waals surface area contributed by atoms with E-state index >= 15 is 0 Å². The number of rotatable bonds is 1. The number of halogens is 1. The summed E-state index contributed by atoms with van der Waals surface area (Å²) in [6, 6.07) is 5.26. The Balaban J connectivity index is 2.48. The van der Waals surface area contributed by atoms with Gasteiger partial charge in [0.15, 0.2) is 0 Å². The predicted octanol–water partition coefficient (Wildman–Crippen LogP) is 3.57. The van der Waals surface area contributed by atoms with Crippen molar-refractivity contribution in [3.8, 4) is 0 Å². The Labute approximate surface area is 116 Å². The number of hydrogen-bond acceptors (Lipinski definition) is 3. The fraction of sp³-hybridized carbons (Fsp3) is 0.357. The Morgan fingerprint density at radius 3 is 2.68 bits per heavy atom. The standard InChI is InChI=1S/C14H16ClNO3/c1-14(2,3)19-13(18)16-7-11(15)10-6-9(8-17)4-5-12(10)16/h4-7,17H,8H2,1-3H3. The first-order chi connectivity index (χ1) is 8.81. The molecule has 0 spiro atoms. The Bertz CT molecular complexity index is 625. The van der Waals surface area contributed by atoms with Crippen molar-refractivity contribution in [2.24, 2.45) is 0 Å². The topological polar surface area (TPSA) is 51.5 Å². The highest BCUT2D eigenvalue weighted by Crippen LogP contribution is 2.27. The number of hydrogen-bond donors (Lipinski definition) is 1. The second kappa shape index (κ2) is 4.87. The van der Waals surface area contributed by atoms with E-state index in [2.05, 4.69) is 0 Å². The number of nitrogens with zero attached hydrogens (tertiary/aromatic N) is 1. The number of benzene rings is 1. The molecule has 19 heavy (non-hydrogen) atoms. The number of aliphatic hydroxyl groups is 1. The Morgan fingerprint density at radius 1 is 1.42 bits per heavy atom. The number of carbonyl (C=O) groups is 1. The van der Waals surface area contributed by atoms with Crippen molar-refractivity contribution in [1.29, 1.82) is 0 Å². The van der Waals surface area contributed by atoms with Crippen LogP contribution < -0.4 is 0 Å². The zero-order valence-corrected chi connectivity index (χ0v) is 11.9. The van der Waals surface area contributed by atoms with Gasteiger partial charge in [0.25, 0.3) is 0 Å². The maximum atomic E-state index is 12.1.